The third-order valence-corrected chi connectivity index (χ3v) is 3.23. The van der Waals surface area contributed by atoms with E-state index in [1.165, 1.54) is 5.56 Å². The molecule has 0 saturated carbocycles. The Morgan fingerprint density at radius 2 is 2.29 bits per heavy atom. The van der Waals surface area contributed by atoms with E-state index in [2.05, 4.69) is 18.9 Å². The van der Waals surface area contributed by atoms with Crippen molar-refractivity contribution in [2.45, 2.75) is 32.8 Å². The van der Waals surface area contributed by atoms with Crippen LogP contribution >= 0.6 is 0 Å². The predicted molar refractivity (Wildman–Crippen MR) is 54.8 cm³/mol. The molecule has 3 nitrogen and oxygen atoms in total. The average molecular weight is 194 g/mol. The van der Waals surface area contributed by atoms with Gasteiger partial charge >= 0.3 is 0 Å². The molecule has 1 heterocycles. The topological polar surface area (TPSA) is 38.0 Å². The van der Waals surface area contributed by atoms with Gasteiger partial charge < -0.3 is 5.11 Å². The van der Waals surface area contributed by atoms with Crippen molar-refractivity contribution in [3.05, 3.63) is 17.5 Å². The van der Waals surface area contributed by atoms with Gasteiger partial charge in [-0.3, -0.25) is 4.68 Å². The van der Waals surface area contributed by atoms with Gasteiger partial charge in [-0.2, -0.15) is 5.10 Å². The number of aliphatic hydroxyl groups is 1. The molecule has 0 aromatic carbocycles. The van der Waals surface area contributed by atoms with Gasteiger partial charge in [0.2, 0.25) is 0 Å². The summed E-state index contributed by atoms with van der Waals surface area (Å²) in [6.07, 6.45) is 3.80. The first kappa shape index (κ1) is 9.71. The van der Waals surface area contributed by atoms with Crippen LogP contribution in [-0.4, -0.2) is 14.9 Å². The van der Waals surface area contributed by atoms with Crippen LogP contribution in [0.2, 0.25) is 0 Å². The molecule has 1 aliphatic carbocycles. The minimum atomic E-state index is -0.361. The van der Waals surface area contributed by atoms with Gasteiger partial charge in [-0.1, -0.05) is 13.8 Å². The van der Waals surface area contributed by atoms with Crippen LogP contribution in [0.1, 0.15) is 37.6 Å². The quantitative estimate of drug-likeness (QED) is 0.738. The highest BCUT2D eigenvalue weighted by Crippen LogP contribution is 2.37. The number of aryl methyl sites for hydroxylation is 2. The van der Waals surface area contributed by atoms with Gasteiger partial charge in [0.15, 0.2) is 0 Å². The van der Waals surface area contributed by atoms with Crippen molar-refractivity contribution in [2.75, 3.05) is 0 Å². The van der Waals surface area contributed by atoms with Crippen LogP contribution in [0.4, 0.5) is 0 Å². The smallest absolute Gasteiger partial charge is 0.101 e. The summed E-state index contributed by atoms with van der Waals surface area (Å²) in [5, 5.41) is 14.5. The SMILES string of the molecule is CC(C)C1CCc2cn(C)nc2C1O. The molecule has 3 heteroatoms. The fraction of sp³-hybridized carbons (Fsp3) is 0.727. The van der Waals surface area contributed by atoms with Crippen LogP contribution in [0.15, 0.2) is 6.20 Å². The van der Waals surface area contributed by atoms with E-state index in [9.17, 15) is 5.11 Å². The lowest BCUT2D eigenvalue weighted by atomic mass is 9.79. The minimum Gasteiger partial charge on any atom is -0.386 e. The first-order chi connectivity index (χ1) is 6.59. The highest BCUT2D eigenvalue weighted by Gasteiger charge is 2.32. The molecule has 0 radical (unpaired) electrons. The Bertz CT molecular complexity index is 330. The maximum Gasteiger partial charge on any atom is 0.101 e. The van der Waals surface area contributed by atoms with Crippen molar-refractivity contribution in [3.8, 4) is 0 Å². The van der Waals surface area contributed by atoms with Crippen LogP contribution < -0.4 is 0 Å². The number of nitrogens with zero attached hydrogens (tertiary/aromatic N) is 2. The number of hydrogen-bond donors (Lipinski definition) is 1. The highest BCUT2D eigenvalue weighted by molar-refractivity contribution is 5.23. The standard InChI is InChI=1S/C11H18N2O/c1-7(2)9-5-4-8-6-13(3)12-10(8)11(9)14/h6-7,9,11,14H,4-5H2,1-3H3. The van der Waals surface area contributed by atoms with E-state index < -0.39 is 0 Å². The molecule has 2 atom stereocenters. The number of hydrogen-bond acceptors (Lipinski definition) is 2. The van der Waals surface area contributed by atoms with Crippen LogP contribution in [0.3, 0.4) is 0 Å². The van der Waals surface area contributed by atoms with E-state index in [0.29, 0.717) is 11.8 Å². The van der Waals surface area contributed by atoms with Crippen molar-refractivity contribution < 1.29 is 5.11 Å². The van der Waals surface area contributed by atoms with Crippen molar-refractivity contribution >= 4 is 0 Å². The first-order valence-corrected chi connectivity index (χ1v) is 5.30. The van der Waals surface area contributed by atoms with Crippen LogP contribution in [-0.2, 0) is 13.5 Å². The summed E-state index contributed by atoms with van der Waals surface area (Å²) in [7, 11) is 1.91. The molecule has 14 heavy (non-hydrogen) atoms. The molecule has 2 unspecified atom stereocenters. The fourth-order valence-electron chi connectivity index (χ4n) is 2.38. The van der Waals surface area contributed by atoms with E-state index in [1.807, 2.05) is 13.2 Å². The molecular formula is C11H18N2O. The van der Waals surface area contributed by atoms with E-state index >= 15 is 0 Å². The second-order valence-electron chi connectivity index (χ2n) is 4.60. The van der Waals surface area contributed by atoms with Gasteiger partial charge in [-0.25, -0.2) is 0 Å². The summed E-state index contributed by atoms with van der Waals surface area (Å²) >= 11 is 0. The number of fused-ring (bicyclic) bond motifs is 1. The lowest BCUT2D eigenvalue weighted by molar-refractivity contribution is 0.0631. The van der Waals surface area contributed by atoms with Crippen molar-refractivity contribution in [3.63, 3.8) is 0 Å². The lowest BCUT2D eigenvalue weighted by Crippen LogP contribution is -2.24. The summed E-state index contributed by atoms with van der Waals surface area (Å²) in [6, 6.07) is 0. The molecular weight excluding hydrogens is 176 g/mol. The van der Waals surface area contributed by atoms with E-state index in [-0.39, 0.29) is 6.10 Å². The predicted octanol–water partition coefficient (Wildman–Crippen LogP) is 1.67. The van der Waals surface area contributed by atoms with Crippen molar-refractivity contribution in [1.82, 2.24) is 9.78 Å². The third kappa shape index (κ3) is 1.46. The van der Waals surface area contributed by atoms with Gasteiger partial charge in [0.25, 0.3) is 0 Å². The van der Waals surface area contributed by atoms with Crippen LogP contribution in [0.25, 0.3) is 0 Å². The molecule has 2 rings (SSSR count). The molecule has 1 aromatic rings. The third-order valence-electron chi connectivity index (χ3n) is 3.23. The zero-order valence-electron chi connectivity index (χ0n) is 9.07. The Morgan fingerprint density at radius 1 is 1.57 bits per heavy atom. The van der Waals surface area contributed by atoms with Gasteiger partial charge in [0.1, 0.15) is 6.10 Å². The van der Waals surface area contributed by atoms with Gasteiger partial charge in [0.05, 0.1) is 5.69 Å². The summed E-state index contributed by atoms with van der Waals surface area (Å²) in [4.78, 5) is 0. The monoisotopic (exact) mass is 194 g/mol. The molecule has 1 aliphatic rings. The van der Waals surface area contributed by atoms with Crippen molar-refractivity contribution in [2.24, 2.45) is 18.9 Å². The summed E-state index contributed by atoms with van der Waals surface area (Å²) in [5.41, 5.74) is 2.12. The van der Waals surface area contributed by atoms with Crippen LogP contribution in [0.5, 0.6) is 0 Å². The van der Waals surface area contributed by atoms with E-state index in [1.54, 1.807) is 4.68 Å². The number of aliphatic hydroxyl groups excluding tert-OH is 1. The van der Waals surface area contributed by atoms with Gasteiger partial charge in [0, 0.05) is 13.2 Å². The molecule has 0 spiro atoms. The Labute approximate surface area is 84.7 Å². The molecule has 0 fully saturated rings. The fourth-order valence-corrected chi connectivity index (χ4v) is 2.38. The Morgan fingerprint density at radius 3 is 2.93 bits per heavy atom. The molecule has 0 aliphatic heterocycles. The summed E-state index contributed by atoms with van der Waals surface area (Å²) < 4.78 is 1.80. The zero-order chi connectivity index (χ0) is 10.3. The molecule has 0 amide bonds. The van der Waals surface area contributed by atoms with E-state index in [0.717, 1.165) is 18.5 Å². The summed E-state index contributed by atoms with van der Waals surface area (Å²) in [6.45, 7) is 4.34. The highest BCUT2D eigenvalue weighted by atomic mass is 16.3. The van der Waals surface area contributed by atoms with E-state index in [4.69, 9.17) is 0 Å². The molecule has 1 aromatic heterocycles. The van der Waals surface area contributed by atoms with Crippen LogP contribution in [0, 0.1) is 11.8 Å². The second-order valence-corrected chi connectivity index (χ2v) is 4.60. The lowest BCUT2D eigenvalue weighted by Gasteiger charge is -2.29. The van der Waals surface area contributed by atoms with Crippen molar-refractivity contribution in [1.29, 1.82) is 0 Å². The largest absolute Gasteiger partial charge is 0.386 e. The first-order valence-electron chi connectivity index (χ1n) is 5.30. The summed E-state index contributed by atoms with van der Waals surface area (Å²) in [5.74, 6) is 0.901. The average Bonchev–Trinajstić information content (AvgIpc) is 2.46. The molecule has 78 valence electrons. The van der Waals surface area contributed by atoms with Gasteiger partial charge in [-0.05, 0) is 30.2 Å². The normalized spacial score (nSPS) is 26.6. The minimum absolute atomic E-state index is 0.361. The Kier molecular flexibility index (Phi) is 2.35. The molecule has 1 N–H and O–H groups in total. The second kappa shape index (κ2) is 3.39. The number of aromatic nitrogens is 2. The Hall–Kier alpha value is -0.830. The Balaban J connectivity index is 2.31. The number of rotatable bonds is 1. The zero-order valence-corrected chi connectivity index (χ0v) is 9.07. The van der Waals surface area contributed by atoms with Gasteiger partial charge in [-0.15, -0.1) is 0 Å². The molecule has 0 saturated heterocycles. The molecule has 0 bridgehead atoms. The maximum atomic E-state index is 10.1. The maximum absolute atomic E-state index is 10.1.